The number of aliphatic carboxylic acids is 1. The zero-order valence-corrected chi connectivity index (χ0v) is 12.5. The number of carbonyl (C=O) groups is 3. The van der Waals surface area contributed by atoms with Gasteiger partial charge in [0.1, 0.15) is 5.75 Å². The molecule has 7 heteroatoms. The second-order valence-corrected chi connectivity index (χ2v) is 5.16. The number of ether oxygens (including phenoxy) is 1. The molecule has 1 saturated carbocycles. The summed E-state index contributed by atoms with van der Waals surface area (Å²) in [4.78, 5) is 33.3. The van der Waals surface area contributed by atoms with E-state index in [9.17, 15) is 14.4 Å². The number of hydrogen-bond acceptors (Lipinski definition) is 4. The Kier molecular flexibility index (Phi) is 5.74. The Morgan fingerprint density at radius 2 is 1.70 bits per heavy atom. The number of carboxylic acids is 1. The lowest BCUT2D eigenvalue weighted by Crippen LogP contribution is -2.40. The van der Waals surface area contributed by atoms with Crippen LogP contribution in [0, 0.1) is 0 Å². The van der Waals surface area contributed by atoms with Gasteiger partial charge in [0, 0.05) is 17.7 Å². The van der Waals surface area contributed by atoms with E-state index >= 15 is 0 Å². The van der Waals surface area contributed by atoms with Crippen molar-refractivity contribution < 1.29 is 24.2 Å². The summed E-state index contributed by atoms with van der Waals surface area (Å²) in [6, 6.07) is 6.61. The summed E-state index contributed by atoms with van der Waals surface area (Å²) in [6.45, 7) is 0. The molecular weight excluding hydrogens is 300 g/mol. The number of hydrazine groups is 1. The first-order valence-corrected chi connectivity index (χ1v) is 7.32. The topological polar surface area (TPSA) is 105 Å². The molecule has 0 saturated heterocycles. The molecule has 7 nitrogen and oxygen atoms in total. The first-order chi connectivity index (χ1) is 11.0. The van der Waals surface area contributed by atoms with Crippen LogP contribution in [-0.2, 0) is 9.59 Å². The highest BCUT2D eigenvalue weighted by molar-refractivity contribution is 5.98. The largest absolute Gasteiger partial charge is 0.490 e. The summed E-state index contributed by atoms with van der Waals surface area (Å²) < 4.78 is 5.80. The lowest BCUT2D eigenvalue weighted by Gasteiger charge is -2.13. The number of amides is 2. The van der Waals surface area contributed by atoms with E-state index in [4.69, 9.17) is 9.84 Å². The Morgan fingerprint density at radius 1 is 1.04 bits per heavy atom. The molecular formula is C16H18N2O5. The van der Waals surface area contributed by atoms with E-state index in [0.717, 1.165) is 18.9 Å². The predicted molar refractivity (Wildman–Crippen MR) is 81.7 cm³/mol. The fourth-order valence-corrected chi connectivity index (χ4v) is 2.26. The van der Waals surface area contributed by atoms with Crippen molar-refractivity contribution in [2.24, 2.45) is 0 Å². The number of carboxylic acid groups (broad SMARTS) is 1. The molecule has 122 valence electrons. The van der Waals surface area contributed by atoms with E-state index in [0.29, 0.717) is 17.4 Å². The lowest BCUT2D eigenvalue weighted by atomic mass is 10.2. The molecule has 23 heavy (non-hydrogen) atoms. The van der Waals surface area contributed by atoms with Gasteiger partial charge >= 0.3 is 5.97 Å². The second kappa shape index (κ2) is 7.98. The molecule has 1 aromatic carbocycles. The van der Waals surface area contributed by atoms with Crippen LogP contribution < -0.4 is 15.6 Å². The molecule has 0 heterocycles. The van der Waals surface area contributed by atoms with Crippen molar-refractivity contribution in [3.63, 3.8) is 0 Å². The highest BCUT2D eigenvalue weighted by atomic mass is 16.5. The molecule has 0 radical (unpaired) electrons. The van der Waals surface area contributed by atoms with Crippen LogP contribution in [0.15, 0.2) is 36.4 Å². The van der Waals surface area contributed by atoms with Gasteiger partial charge in [-0.25, -0.2) is 4.79 Å². The quantitative estimate of drug-likeness (QED) is 0.562. The van der Waals surface area contributed by atoms with E-state index in [-0.39, 0.29) is 6.10 Å². The van der Waals surface area contributed by atoms with Crippen molar-refractivity contribution in [3.05, 3.63) is 42.0 Å². The fraction of sp³-hybridized carbons (Fsp3) is 0.312. The molecule has 0 spiro atoms. The molecule has 1 aliphatic carbocycles. The van der Waals surface area contributed by atoms with E-state index in [2.05, 4.69) is 10.9 Å². The van der Waals surface area contributed by atoms with Crippen LogP contribution in [0.25, 0.3) is 0 Å². The fourth-order valence-electron chi connectivity index (χ4n) is 2.26. The Bertz CT molecular complexity index is 603. The van der Waals surface area contributed by atoms with Gasteiger partial charge in [-0.3, -0.25) is 20.4 Å². The summed E-state index contributed by atoms with van der Waals surface area (Å²) in [6.07, 6.45) is 6.20. The van der Waals surface area contributed by atoms with E-state index < -0.39 is 17.8 Å². The summed E-state index contributed by atoms with van der Waals surface area (Å²) in [7, 11) is 0. The maximum atomic E-state index is 11.8. The molecule has 0 aliphatic heterocycles. The minimum Gasteiger partial charge on any atom is -0.490 e. The van der Waals surface area contributed by atoms with Gasteiger partial charge in [-0.2, -0.15) is 0 Å². The van der Waals surface area contributed by atoms with Crippen molar-refractivity contribution in [2.45, 2.75) is 31.8 Å². The van der Waals surface area contributed by atoms with Gasteiger partial charge in [-0.15, -0.1) is 0 Å². The number of hydrogen-bond donors (Lipinski definition) is 3. The normalized spacial score (nSPS) is 14.6. The van der Waals surface area contributed by atoms with Crippen molar-refractivity contribution in [3.8, 4) is 5.75 Å². The third-order valence-corrected chi connectivity index (χ3v) is 3.40. The number of nitrogens with one attached hydrogen (secondary N) is 2. The maximum Gasteiger partial charge on any atom is 0.328 e. The van der Waals surface area contributed by atoms with E-state index in [1.165, 1.54) is 12.8 Å². The highest BCUT2D eigenvalue weighted by Gasteiger charge is 2.16. The minimum atomic E-state index is -1.25. The van der Waals surface area contributed by atoms with Gasteiger partial charge in [0.2, 0.25) is 0 Å². The highest BCUT2D eigenvalue weighted by Crippen LogP contribution is 2.24. The molecule has 1 aromatic rings. The van der Waals surface area contributed by atoms with Crippen LogP contribution in [0.5, 0.6) is 5.75 Å². The van der Waals surface area contributed by atoms with Crippen LogP contribution in [0.1, 0.15) is 36.0 Å². The third-order valence-electron chi connectivity index (χ3n) is 3.40. The van der Waals surface area contributed by atoms with Crippen LogP contribution in [0.4, 0.5) is 0 Å². The average molecular weight is 318 g/mol. The number of carbonyl (C=O) groups excluding carboxylic acids is 2. The first kappa shape index (κ1) is 16.5. The van der Waals surface area contributed by atoms with Crippen molar-refractivity contribution in [2.75, 3.05) is 0 Å². The van der Waals surface area contributed by atoms with E-state index in [1.807, 2.05) is 0 Å². The summed E-state index contributed by atoms with van der Waals surface area (Å²) >= 11 is 0. The molecule has 1 aliphatic rings. The SMILES string of the molecule is O=C(O)/C=C/C(=O)NNC(=O)c1ccc(OC2CCCC2)cc1. The van der Waals surface area contributed by atoms with Crippen LogP contribution >= 0.6 is 0 Å². The van der Waals surface area contributed by atoms with Crippen LogP contribution in [0.2, 0.25) is 0 Å². The zero-order valence-electron chi connectivity index (χ0n) is 12.5. The smallest absolute Gasteiger partial charge is 0.328 e. The third kappa shape index (κ3) is 5.46. The van der Waals surface area contributed by atoms with Gasteiger partial charge in [0.15, 0.2) is 0 Å². The minimum absolute atomic E-state index is 0.245. The molecule has 2 rings (SSSR count). The van der Waals surface area contributed by atoms with Gasteiger partial charge in [0.25, 0.3) is 11.8 Å². The van der Waals surface area contributed by atoms with Crippen LogP contribution in [-0.4, -0.2) is 29.0 Å². The maximum absolute atomic E-state index is 11.8. The van der Waals surface area contributed by atoms with Gasteiger partial charge in [-0.1, -0.05) is 0 Å². The van der Waals surface area contributed by atoms with Crippen molar-refractivity contribution >= 4 is 17.8 Å². The average Bonchev–Trinajstić information content (AvgIpc) is 3.04. The Labute approximate surface area is 133 Å². The zero-order chi connectivity index (χ0) is 16.7. The lowest BCUT2D eigenvalue weighted by molar-refractivity contribution is -0.131. The first-order valence-electron chi connectivity index (χ1n) is 7.32. The number of benzene rings is 1. The molecule has 0 unspecified atom stereocenters. The molecule has 3 N–H and O–H groups in total. The van der Waals surface area contributed by atoms with Crippen molar-refractivity contribution in [1.82, 2.24) is 10.9 Å². The molecule has 2 amide bonds. The van der Waals surface area contributed by atoms with Gasteiger partial charge < -0.3 is 9.84 Å². The van der Waals surface area contributed by atoms with Gasteiger partial charge in [0.05, 0.1) is 6.10 Å². The Morgan fingerprint density at radius 3 is 2.30 bits per heavy atom. The Balaban J connectivity index is 1.82. The Hall–Kier alpha value is -2.83. The van der Waals surface area contributed by atoms with Gasteiger partial charge in [-0.05, 0) is 49.9 Å². The molecule has 0 atom stereocenters. The monoisotopic (exact) mass is 318 g/mol. The molecule has 0 bridgehead atoms. The summed E-state index contributed by atoms with van der Waals surface area (Å²) in [5, 5.41) is 8.38. The molecule has 0 aromatic heterocycles. The van der Waals surface area contributed by atoms with E-state index in [1.54, 1.807) is 24.3 Å². The molecule has 1 fully saturated rings. The second-order valence-electron chi connectivity index (χ2n) is 5.16. The van der Waals surface area contributed by atoms with Crippen molar-refractivity contribution in [1.29, 1.82) is 0 Å². The summed E-state index contributed by atoms with van der Waals surface area (Å²) in [5.41, 5.74) is 4.63. The standard InChI is InChI=1S/C16H18N2O5/c19-14(9-10-15(20)21)17-18-16(22)11-5-7-13(8-6-11)23-12-3-1-2-4-12/h5-10,12H,1-4H2,(H,17,19)(H,18,22)(H,20,21)/b10-9+. The predicted octanol–water partition coefficient (Wildman–Crippen LogP) is 1.41. The number of rotatable bonds is 5. The van der Waals surface area contributed by atoms with Crippen LogP contribution in [0.3, 0.4) is 0 Å². The summed E-state index contributed by atoms with van der Waals surface area (Å²) in [5.74, 6) is -1.78.